The van der Waals surface area contributed by atoms with Crippen LogP contribution >= 0.6 is 23.4 Å². The summed E-state index contributed by atoms with van der Waals surface area (Å²) in [5.41, 5.74) is 0. The molecule has 4 heteroatoms. The molecule has 0 aliphatic heterocycles. The summed E-state index contributed by atoms with van der Waals surface area (Å²) in [6.07, 6.45) is 1.94. The van der Waals surface area contributed by atoms with E-state index >= 15 is 0 Å². The van der Waals surface area contributed by atoms with Crippen LogP contribution in [0, 0.1) is 0 Å². The molecular formula is C7H8ClNOS. The SMILES string of the molecule is COc1cc(Cl)nc(SC)c1. The molecule has 0 aliphatic rings. The first kappa shape index (κ1) is 8.68. The largest absolute Gasteiger partial charge is 0.497 e. The smallest absolute Gasteiger partial charge is 0.134 e. The van der Waals surface area contributed by atoms with Gasteiger partial charge in [0.15, 0.2) is 0 Å². The van der Waals surface area contributed by atoms with Gasteiger partial charge in [0.25, 0.3) is 0 Å². The fraction of sp³-hybridized carbons (Fsp3) is 0.286. The average molecular weight is 190 g/mol. The Balaban J connectivity index is 3.02. The normalized spacial score (nSPS) is 9.73. The lowest BCUT2D eigenvalue weighted by atomic mass is 10.4. The maximum atomic E-state index is 5.70. The summed E-state index contributed by atoms with van der Waals surface area (Å²) in [5, 5.41) is 1.34. The Bertz CT molecular complexity index is 232. The zero-order valence-corrected chi connectivity index (χ0v) is 7.87. The molecule has 0 fully saturated rings. The Morgan fingerprint density at radius 1 is 1.55 bits per heavy atom. The number of thioether (sulfide) groups is 1. The molecule has 0 N–H and O–H groups in total. The van der Waals surface area contributed by atoms with Gasteiger partial charge in [-0.2, -0.15) is 0 Å². The number of methoxy groups -OCH3 is 1. The van der Waals surface area contributed by atoms with Crippen LogP contribution in [0.15, 0.2) is 17.2 Å². The fourth-order valence-electron chi connectivity index (χ4n) is 0.673. The third kappa shape index (κ3) is 2.27. The van der Waals surface area contributed by atoms with Gasteiger partial charge in [0, 0.05) is 12.1 Å². The van der Waals surface area contributed by atoms with Crippen LogP contribution in [0.5, 0.6) is 5.75 Å². The van der Waals surface area contributed by atoms with E-state index in [0.717, 1.165) is 10.8 Å². The highest BCUT2D eigenvalue weighted by molar-refractivity contribution is 7.98. The number of rotatable bonds is 2. The van der Waals surface area contributed by atoms with Crippen LogP contribution in [-0.2, 0) is 0 Å². The van der Waals surface area contributed by atoms with Gasteiger partial charge in [0.1, 0.15) is 15.9 Å². The lowest BCUT2D eigenvalue weighted by Gasteiger charge is -2.01. The first-order chi connectivity index (χ1) is 5.26. The summed E-state index contributed by atoms with van der Waals surface area (Å²) in [6.45, 7) is 0. The Labute approximate surface area is 74.9 Å². The summed E-state index contributed by atoms with van der Waals surface area (Å²) in [6, 6.07) is 3.53. The quantitative estimate of drug-likeness (QED) is 0.527. The summed E-state index contributed by atoms with van der Waals surface area (Å²) in [5.74, 6) is 0.745. The zero-order valence-electron chi connectivity index (χ0n) is 6.30. The summed E-state index contributed by atoms with van der Waals surface area (Å²) < 4.78 is 5.00. The second-order valence-corrected chi connectivity index (χ2v) is 3.09. The van der Waals surface area contributed by atoms with Gasteiger partial charge < -0.3 is 4.74 Å². The standard InChI is InChI=1S/C7H8ClNOS/c1-10-5-3-6(8)9-7(4-5)11-2/h3-4H,1-2H3. The van der Waals surface area contributed by atoms with Crippen molar-refractivity contribution in [3.05, 3.63) is 17.3 Å². The van der Waals surface area contributed by atoms with Crippen molar-refractivity contribution in [1.29, 1.82) is 0 Å². The van der Waals surface area contributed by atoms with E-state index in [1.807, 2.05) is 12.3 Å². The number of hydrogen-bond acceptors (Lipinski definition) is 3. The van der Waals surface area contributed by atoms with E-state index in [1.54, 1.807) is 13.2 Å². The molecule has 0 saturated heterocycles. The molecule has 0 unspecified atom stereocenters. The maximum absolute atomic E-state index is 5.70. The highest BCUT2D eigenvalue weighted by Gasteiger charge is 1.98. The summed E-state index contributed by atoms with van der Waals surface area (Å²) in [7, 11) is 1.61. The van der Waals surface area contributed by atoms with Gasteiger partial charge in [-0.15, -0.1) is 11.8 Å². The molecule has 0 aromatic carbocycles. The molecule has 0 amide bonds. The Kier molecular flexibility index (Phi) is 3.02. The average Bonchev–Trinajstić information content (AvgIpc) is 2.03. The van der Waals surface area contributed by atoms with E-state index < -0.39 is 0 Å². The van der Waals surface area contributed by atoms with Crippen LogP contribution in [0.1, 0.15) is 0 Å². The minimum atomic E-state index is 0.466. The molecule has 1 heterocycles. The third-order valence-corrected chi connectivity index (χ3v) is 2.01. The van der Waals surface area contributed by atoms with Crippen LogP contribution in [0.4, 0.5) is 0 Å². The van der Waals surface area contributed by atoms with Gasteiger partial charge in [0.2, 0.25) is 0 Å². The van der Waals surface area contributed by atoms with Crippen molar-refractivity contribution in [3.63, 3.8) is 0 Å². The molecule has 1 aromatic rings. The fourth-order valence-corrected chi connectivity index (χ4v) is 1.35. The molecule has 0 aliphatic carbocycles. The van der Waals surface area contributed by atoms with Crippen LogP contribution in [0.3, 0.4) is 0 Å². The molecule has 60 valence electrons. The molecule has 11 heavy (non-hydrogen) atoms. The molecule has 1 rings (SSSR count). The van der Waals surface area contributed by atoms with Crippen molar-refractivity contribution < 1.29 is 4.74 Å². The van der Waals surface area contributed by atoms with Crippen molar-refractivity contribution in [1.82, 2.24) is 4.98 Å². The number of aromatic nitrogens is 1. The predicted octanol–water partition coefficient (Wildman–Crippen LogP) is 2.47. The molecule has 0 radical (unpaired) electrons. The van der Waals surface area contributed by atoms with Crippen molar-refractivity contribution in [3.8, 4) is 5.75 Å². The number of halogens is 1. The number of pyridine rings is 1. The Hall–Kier alpha value is -0.410. The van der Waals surface area contributed by atoms with Crippen LogP contribution < -0.4 is 4.74 Å². The van der Waals surface area contributed by atoms with Gasteiger partial charge in [-0.25, -0.2) is 4.98 Å². The molecular weight excluding hydrogens is 182 g/mol. The van der Waals surface area contributed by atoms with E-state index in [0.29, 0.717) is 5.15 Å². The molecule has 0 atom stereocenters. The van der Waals surface area contributed by atoms with Gasteiger partial charge in [-0.3, -0.25) is 0 Å². The van der Waals surface area contributed by atoms with Crippen molar-refractivity contribution >= 4 is 23.4 Å². The molecule has 0 bridgehead atoms. The first-order valence-electron chi connectivity index (χ1n) is 3.02. The van der Waals surface area contributed by atoms with E-state index in [4.69, 9.17) is 16.3 Å². The second kappa shape index (κ2) is 3.83. The highest BCUT2D eigenvalue weighted by Crippen LogP contribution is 2.22. The number of ether oxygens (including phenoxy) is 1. The van der Waals surface area contributed by atoms with E-state index in [2.05, 4.69) is 4.98 Å². The van der Waals surface area contributed by atoms with Gasteiger partial charge in [-0.1, -0.05) is 11.6 Å². The highest BCUT2D eigenvalue weighted by atomic mass is 35.5. The van der Waals surface area contributed by atoms with Crippen molar-refractivity contribution in [2.45, 2.75) is 5.03 Å². The Morgan fingerprint density at radius 2 is 2.27 bits per heavy atom. The Morgan fingerprint density at radius 3 is 2.82 bits per heavy atom. The third-order valence-electron chi connectivity index (χ3n) is 1.19. The van der Waals surface area contributed by atoms with Crippen molar-refractivity contribution in [2.24, 2.45) is 0 Å². The molecule has 0 saturated carbocycles. The number of nitrogens with zero attached hydrogens (tertiary/aromatic N) is 1. The summed E-state index contributed by atoms with van der Waals surface area (Å²) in [4.78, 5) is 4.05. The minimum absolute atomic E-state index is 0.466. The molecule has 1 aromatic heterocycles. The van der Waals surface area contributed by atoms with Gasteiger partial charge in [-0.05, 0) is 6.26 Å². The molecule has 0 spiro atoms. The van der Waals surface area contributed by atoms with Crippen LogP contribution in [0.25, 0.3) is 0 Å². The van der Waals surface area contributed by atoms with E-state index in [1.165, 1.54) is 11.8 Å². The predicted molar refractivity (Wildman–Crippen MR) is 47.6 cm³/mol. The number of hydrogen-bond donors (Lipinski definition) is 0. The monoisotopic (exact) mass is 189 g/mol. The van der Waals surface area contributed by atoms with Gasteiger partial charge in [0.05, 0.1) is 7.11 Å². The minimum Gasteiger partial charge on any atom is -0.497 e. The first-order valence-corrected chi connectivity index (χ1v) is 4.62. The van der Waals surface area contributed by atoms with Crippen LogP contribution in [0.2, 0.25) is 5.15 Å². The van der Waals surface area contributed by atoms with Crippen molar-refractivity contribution in [2.75, 3.05) is 13.4 Å². The second-order valence-electron chi connectivity index (χ2n) is 1.87. The van der Waals surface area contributed by atoms with E-state index in [-0.39, 0.29) is 0 Å². The van der Waals surface area contributed by atoms with E-state index in [9.17, 15) is 0 Å². The molecule has 2 nitrogen and oxygen atoms in total. The topological polar surface area (TPSA) is 22.1 Å². The van der Waals surface area contributed by atoms with Gasteiger partial charge >= 0.3 is 0 Å². The zero-order chi connectivity index (χ0) is 8.27. The maximum Gasteiger partial charge on any atom is 0.134 e. The lowest BCUT2D eigenvalue weighted by molar-refractivity contribution is 0.413. The lowest BCUT2D eigenvalue weighted by Crippen LogP contribution is -1.86. The van der Waals surface area contributed by atoms with Crippen LogP contribution in [-0.4, -0.2) is 18.3 Å². The summed E-state index contributed by atoms with van der Waals surface area (Å²) >= 11 is 7.24.